The highest BCUT2D eigenvalue weighted by Crippen LogP contribution is 2.12. The molecule has 3 rings (SSSR count). The lowest BCUT2D eigenvalue weighted by Gasteiger charge is -2.03. The summed E-state index contributed by atoms with van der Waals surface area (Å²) in [4.78, 5) is 8.31. The van der Waals surface area contributed by atoms with Crippen LogP contribution in [0.3, 0.4) is 0 Å². The highest BCUT2D eigenvalue weighted by Gasteiger charge is 2.06. The molecule has 0 radical (unpaired) electrons. The van der Waals surface area contributed by atoms with Gasteiger partial charge in [0.25, 0.3) is 0 Å². The first-order valence-corrected chi connectivity index (χ1v) is 7.17. The van der Waals surface area contributed by atoms with Gasteiger partial charge in [0, 0.05) is 12.4 Å². The van der Waals surface area contributed by atoms with E-state index in [0.717, 1.165) is 28.9 Å². The van der Waals surface area contributed by atoms with Gasteiger partial charge in [-0.15, -0.1) is 5.10 Å². The summed E-state index contributed by atoms with van der Waals surface area (Å²) in [7, 11) is 0. The van der Waals surface area contributed by atoms with Crippen molar-refractivity contribution in [3.05, 3.63) is 59.7 Å². The Morgan fingerprint density at radius 1 is 1.14 bits per heavy atom. The Kier molecular flexibility index (Phi) is 4.09. The maximum Gasteiger partial charge on any atom is 0.316 e. The van der Waals surface area contributed by atoms with Gasteiger partial charge >= 0.3 is 6.01 Å². The average Bonchev–Trinajstić information content (AvgIpc) is 3.02. The van der Waals surface area contributed by atoms with E-state index in [1.807, 2.05) is 37.4 Å². The molecule has 0 atom stereocenters. The van der Waals surface area contributed by atoms with Gasteiger partial charge in [-0.25, -0.2) is 14.6 Å². The standard InChI is InChI=1S/C16H17N5O/c1-3-13-8-17-16(18-9-13)22-11-14-10-21(20-19-14)15-7-5-4-6-12(15)2/h4-10H,3,11H2,1-2H3. The molecule has 0 saturated carbocycles. The van der Waals surface area contributed by atoms with E-state index in [4.69, 9.17) is 4.74 Å². The van der Waals surface area contributed by atoms with Crippen molar-refractivity contribution >= 4 is 0 Å². The molecule has 0 aliphatic carbocycles. The van der Waals surface area contributed by atoms with Crippen LogP contribution in [0.5, 0.6) is 6.01 Å². The van der Waals surface area contributed by atoms with Crippen LogP contribution in [0.25, 0.3) is 5.69 Å². The van der Waals surface area contributed by atoms with Gasteiger partial charge in [0.15, 0.2) is 0 Å². The number of benzene rings is 1. The van der Waals surface area contributed by atoms with Crippen LogP contribution < -0.4 is 4.74 Å². The minimum atomic E-state index is 0.289. The number of hydrogen-bond acceptors (Lipinski definition) is 5. The van der Waals surface area contributed by atoms with Gasteiger partial charge < -0.3 is 4.74 Å². The van der Waals surface area contributed by atoms with Crippen molar-refractivity contribution in [3.8, 4) is 11.7 Å². The monoisotopic (exact) mass is 295 g/mol. The SMILES string of the molecule is CCc1cnc(OCc2cn(-c3ccccc3C)nn2)nc1. The number of rotatable bonds is 5. The van der Waals surface area contributed by atoms with Crippen molar-refractivity contribution in [1.29, 1.82) is 0 Å². The van der Waals surface area contributed by atoms with E-state index in [-0.39, 0.29) is 6.61 Å². The van der Waals surface area contributed by atoms with Crippen molar-refractivity contribution in [3.63, 3.8) is 0 Å². The quantitative estimate of drug-likeness (QED) is 0.723. The fraction of sp³-hybridized carbons (Fsp3) is 0.250. The zero-order valence-corrected chi connectivity index (χ0v) is 12.6. The van der Waals surface area contributed by atoms with Gasteiger partial charge in [0.1, 0.15) is 12.3 Å². The highest BCUT2D eigenvalue weighted by molar-refractivity contribution is 5.38. The normalized spacial score (nSPS) is 10.6. The minimum absolute atomic E-state index is 0.289. The van der Waals surface area contributed by atoms with Crippen molar-refractivity contribution in [1.82, 2.24) is 25.0 Å². The Bertz CT molecular complexity index is 751. The number of hydrogen-bond donors (Lipinski definition) is 0. The molecule has 1 aromatic carbocycles. The average molecular weight is 295 g/mol. The van der Waals surface area contributed by atoms with Crippen LogP contribution in [0, 0.1) is 6.92 Å². The third kappa shape index (κ3) is 3.11. The van der Waals surface area contributed by atoms with Gasteiger partial charge in [-0.1, -0.05) is 30.3 Å². The van der Waals surface area contributed by atoms with E-state index < -0.39 is 0 Å². The largest absolute Gasteiger partial charge is 0.457 e. The first kappa shape index (κ1) is 14.2. The molecule has 112 valence electrons. The zero-order chi connectivity index (χ0) is 15.4. The third-order valence-electron chi connectivity index (χ3n) is 3.34. The summed E-state index contributed by atoms with van der Waals surface area (Å²) in [5.41, 5.74) is 3.95. The fourth-order valence-corrected chi connectivity index (χ4v) is 2.04. The van der Waals surface area contributed by atoms with Crippen molar-refractivity contribution in [2.75, 3.05) is 0 Å². The Morgan fingerprint density at radius 3 is 2.64 bits per heavy atom. The number of aryl methyl sites for hydroxylation is 2. The predicted molar refractivity (Wildman–Crippen MR) is 81.8 cm³/mol. The van der Waals surface area contributed by atoms with E-state index >= 15 is 0 Å². The van der Waals surface area contributed by atoms with Crippen LogP contribution in [0.15, 0.2) is 42.9 Å². The Hall–Kier alpha value is -2.76. The number of ether oxygens (including phenoxy) is 1. The molecular weight excluding hydrogens is 278 g/mol. The van der Waals surface area contributed by atoms with Crippen LogP contribution >= 0.6 is 0 Å². The van der Waals surface area contributed by atoms with Crippen LogP contribution in [-0.2, 0) is 13.0 Å². The molecule has 2 aromatic heterocycles. The Morgan fingerprint density at radius 2 is 1.91 bits per heavy atom. The molecule has 0 fully saturated rings. The summed E-state index contributed by atoms with van der Waals surface area (Å²) < 4.78 is 7.28. The van der Waals surface area contributed by atoms with E-state index in [2.05, 4.69) is 27.2 Å². The summed E-state index contributed by atoms with van der Waals surface area (Å²) >= 11 is 0. The van der Waals surface area contributed by atoms with Crippen molar-refractivity contribution < 1.29 is 4.74 Å². The lowest BCUT2D eigenvalue weighted by Crippen LogP contribution is -2.00. The lowest BCUT2D eigenvalue weighted by atomic mass is 10.2. The van der Waals surface area contributed by atoms with Gasteiger partial charge in [-0.2, -0.15) is 0 Å². The van der Waals surface area contributed by atoms with E-state index in [0.29, 0.717) is 6.01 Å². The van der Waals surface area contributed by atoms with E-state index in [9.17, 15) is 0 Å². The molecule has 22 heavy (non-hydrogen) atoms. The Labute approximate surface area is 128 Å². The second-order valence-electron chi connectivity index (χ2n) is 4.96. The molecule has 2 heterocycles. The molecule has 0 saturated heterocycles. The van der Waals surface area contributed by atoms with E-state index in [1.54, 1.807) is 17.1 Å². The van der Waals surface area contributed by atoms with Crippen LogP contribution in [0.4, 0.5) is 0 Å². The molecule has 6 nitrogen and oxygen atoms in total. The molecule has 0 bridgehead atoms. The summed E-state index contributed by atoms with van der Waals surface area (Å²) in [5, 5.41) is 8.25. The molecule has 3 aromatic rings. The molecule has 0 aliphatic heterocycles. The second kappa shape index (κ2) is 6.34. The van der Waals surface area contributed by atoms with Crippen LogP contribution in [-0.4, -0.2) is 25.0 Å². The van der Waals surface area contributed by atoms with Gasteiger partial charge in [-0.05, 0) is 30.5 Å². The molecule has 0 spiro atoms. The highest BCUT2D eigenvalue weighted by atomic mass is 16.5. The Balaban J connectivity index is 1.68. The number of aromatic nitrogens is 5. The molecule has 6 heteroatoms. The first-order valence-electron chi connectivity index (χ1n) is 7.17. The summed E-state index contributed by atoms with van der Waals surface area (Å²) in [5.74, 6) is 0. The molecule has 0 aliphatic rings. The first-order chi connectivity index (χ1) is 10.8. The lowest BCUT2D eigenvalue weighted by molar-refractivity contribution is 0.276. The molecule has 0 N–H and O–H groups in total. The van der Waals surface area contributed by atoms with Crippen LogP contribution in [0.1, 0.15) is 23.7 Å². The zero-order valence-electron chi connectivity index (χ0n) is 12.6. The van der Waals surface area contributed by atoms with Crippen molar-refractivity contribution in [2.45, 2.75) is 26.9 Å². The summed E-state index contributed by atoms with van der Waals surface area (Å²) in [6.45, 7) is 4.39. The summed E-state index contributed by atoms with van der Waals surface area (Å²) in [6.07, 6.45) is 6.30. The molecule has 0 amide bonds. The van der Waals surface area contributed by atoms with E-state index in [1.165, 1.54) is 0 Å². The van der Waals surface area contributed by atoms with Crippen LogP contribution in [0.2, 0.25) is 0 Å². The summed E-state index contributed by atoms with van der Waals surface area (Å²) in [6, 6.07) is 8.36. The maximum atomic E-state index is 5.53. The molecular formula is C16H17N5O. The third-order valence-corrected chi connectivity index (χ3v) is 3.34. The van der Waals surface area contributed by atoms with Gasteiger partial charge in [0.05, 0.1) is 11.9 Å². The van der Waals surface area contributed by atoms with Gasteiger partial charge in [-0.3, -0.25) is 0 Å². The van der Waals surface area contributed by atoms with Gasteiger partial charge in [0.2, 0.25) is 0 Å². The second-order valence-corrected chi connectivity index (χ2v) is 4.96. The maximum absolute atomic E-state index is 5.53. The predicted octanol–water partition coefficient (Wildman–Crippen LogP) is 2.51. The topological polar surface area (TPSA) is 65.7 Å². The number of para-hydroxylation sites is 1. The smallest absolute Gasteiger partial charge is 0.316 e. The minimum Gasteiger partial charge on any atom is -0.457 e. The fourth-order valence-electron chi connectivity index (χ4n) is 2.04. The van der Waals surface area contributed by atoms with Crippen molar-refractivity contribution in [2.24, 2.45) is 0 Å². The number of nitrogens with zero attached hydrogens (tertiary/aromatic N) is 5. The molecule has 0 unspecified atom stereocenters.